The number of hydrogen-bond acceptors (Lipinski definition) is 3. The zero-order valence-electron chi connectivity index (χ0n) is 14.3. The molecule has 2 saturated carbocycles. The summed E-state index contributed by atoms with van der Waals surface area (Å²) in [4.78, 5) is 0. The normalized spacial score (nSPS) is 30.6. The van der Waals surface area contributed by atoms with Gasteiger partial charge in [-0.2, -0.15) is 0 Å². The van der Waals surface area contributed by atoms with Crippen LogP contribution in [-0.4, -0.2) is 51.9 Å². The molecule has 0 amide bonds. The van der Waals surface area contributed by atoms with E-state index >= 15 is 4.39 Å². The van der Waals surface area contributed by atoms with Crippen LogP contribution in [0.5, 0.6) is 0 Å². The Labute approximate surface area is 165 Å². The van der Waals surface area contributed by atoms with Crippen LogP contribution in [0.2, 0.25) is 0 Å². The fourth-order valence-electron chi connectivity index (χ4n) is 3.10. The Balaban J connectivity index is 2.83. The molecule has 2 aliphatic carbocycles. The number of hydrogen-bond donors (Lipinski definition) is 0. The van der Waals surface area contributed by atoms with E-state index in [1.54, 1.807) is 0 Å². The Kier molecular flexibility index (Phi) is 6.01. The van der Waals surface area contributed by atoms with E-state index in [0.29, 0.717) is 6.42 Å². The molecule has 3 nitrogen and oxygen atoms in total. The van der Waals surface area contributed by atoms with E-state index in [2.05, 4.69) is 2.51 Å². The number of rotatable bonds is 4. The van der Waals surface area contributed by atoms with Crippen molar-refractivity contribution >= 4 is 30.4 Å². The molecule has 29 heavy (non-hydrogen) atoms. The van der Waals surface area contributed by atoms with Crippen LogP contribution in [-0.2, 0) is 12.6 Å². The first-order valence-corrected chi connectivity index (χ1v) is 12.9. The molecule has 0 unspecified atom stereocenters. The first-order valence-electron chi connectivity index (χ1n) is 7.87. The molecule has 0 bridgehead atoms. The van der Waals surface area contributed by atoms with Crippen molar-refractivity contribution in [2.24, 2.45) is 0 Å². The third-order valence-corrected chi connectivity index (χ3v) is 13.8. The molecule has 0 heterocycles. The maximum absolute atomic E-state index is 15.3. The van der Waals surface area contributed by atoms with Crippen LogP contribution in [0.1, 0.15) is 32.1 Å². The molecule has 0 aromatic carbocycles. The second-order valence-electron chi connectivity index (χ2n) is 6.72. The average molecular weight is 586 g/mol. The Hall–Kier alpha value is -0.130. The monoisotopic (exact) mass is 586 g/mol. The molecule has 0 aromatic heterocycles. The van der Waals surface area contributed by atoms with Crippen LogP contribution in [0.25, 0.3) is 0 Å². The minimum atomic E-state index is -7.33. The van der Waals surface area contributed by atoms with Gasteiger partial charge in [0, 0.05) is 0 Å². The molecular formula is C13H14F11IO3S. The van der Waals surface area contributed by atoms with Gasteiger partial charge in [0.15, 0.2) is 0 Å². The predicted octanol–water partition coefficient (Wildman–Crippen LogP) is 5.57. The maximum atomic E-state index is 15.3. The summed E-state index contributed by atoms with van der Waals surface area (Å²) >= 11 is -5.90. The quantitative estimate of drug-likeness (QED) is 0.246. The van der Waals surface area contributed by atoms with E-state index in [9.17, 15) is 52.3 Å². The third kappa shape index (κ3) is 3.16. The Morgan fingerprint density at radius 3 is 1.38 bits per heavy atom. The molecule has 0 spiro atoms. The van der Waals surface area contributed by atoms with E-state index in [4.69, 9.17) is 0 Å². The van der Waals surface area contributed by atoms with E-state index in [1.807, 2.05) is 0 Å². The van der Waals surface area contributed by atoms with Gasteiger partial charge in [-0.15, -0.1) is 0 Å². The van der Waals surface area contributed by atoms with Gasteiger partial charge in [-0.3, -0.25) is 0 Å². The van der Waals surface area contributed by atoms with Gasteiger partial charge in [0.25, 0.3) is 0 Å². The zero-order valence-corrected chi connectivity index (χ0v) is 17.3. The van der Waals surface area contributed by atoms with Crippen LogP contribution >= 0.6 is 20.2 Å². The van der Waals surface area contributed by atoms with Crippen LogP contribution in [0.15, 0.2) is 0 Å². The van der Waals surface area contributed by atoms with Crippen LogP contribution in [0, 0.1) is 0 Å². The first-order chi connectivity index (χ1) is 12.7. The van der Waals surface area contributed by atoms with Crippen molar-refractivity contribution in [2.45, 2.75) is 69.3 Å². The molecule has 16 heteroatoms. The van der Waals surface area contributed by atoms with Crippen LogP contribution in [0.3, 0.4) is 0 Å². The van der Waals surface area contributed by atoms with Crippen molar-refractivity contribution in [1.29, 1.82) is 0 Å². The van der Waals surface area contributed by atoms with Crippen molar-refractivity contribution in [3.8, 4) is 0 Å². The Bertz CT molecular complexity index is 719. The van der Waals surface area contributed by atoms with E-state index in [1.165, 1.54) is 0 Å². The molecule has 2 fully saturated rings. The molecule has 0 radical (unpaired) electrons. The van der Waals surface area contributed by atoms with Gasteiger partial charge in [0.2, 0.25) is 0 Å². The fourth-order valence-corrected chi connectivity index (χ4v) is 12.5. The summed E-state index contributed by atoms with van der Waals surface area (Å²) in [6, 6.07) is 0. The number of alkyl halides is 13. The van der Waals surface area contributed by atoms with Crippen molar-refractivity contribution in [2.75, 3.05) is 6.26 Å². The van der Waals surface area contributed by atoms with Crippen molar-refractivity contribution in [3.05, 3.63) is 0 Å². The molecule has 2 rings (SSSR count). The van der Waals surface area contributed by atoms with E-state index in [-0.39, 0.29) is 19.1 Å². The van der Waals surface area contributed by atoms with Gasteiger partial charge in [-0.25, -0.2) is 0 Å². The molecule has 174 valence electrons. The molecule has 0 saturated heterocycles. The van der Waals surface area contributed by atoms with E-state index in [0.717, 1.165) is 0 Å². The topological polar surface area (TPSA) is 43.4 Å². The van der Waals surface area contributed by atoms with Crippen molar-refractivity contribution in [3.63, 3.8) is 0 Å². The molecule has 0 aromatic rings. The summed E-state index contributed by atoms with van der Waals surface area (Å²) in [6.45, 7) is 0. The van der Waals surface area contributed by atoms with Gasteiger partial charge >= 0.3 is 165 Å². The molecular weight excluding hydrogens is 572 g/mol. The van der Waals surface area contributed by atoms with E-state index < -0.39 is 80.4 Å². The average Bonchev–Trinajstić information content (AvgIpc) is 2.57. The van der Waals surface area contributed by atoms with Crippen molar-refractivity contribution < 1.29 is 59.2 Å². The Morgan fingerprint density at radius 2 is 1.03 bits per heavy atom. The minimum absolute atomic E-state index is 0.0297. The summed E-state index contributed by atoms with van der Waals surface area (Å²) in [5.74, 6) is -36.0. The summed E-state index contributed by atoms with van der Waals surface area (Å²) in [7, 11) is -5.08. The molecule has 2 aliphatic rings. The first kappa shape index (κ1) is 25.1. The van der Waals surface area contributed by atoms with Gasteiger partial charge in [0.05, 0.1) is 0 Å². The van der Waals surface area contributed by atoms with Gasteiger partial charge < -0.3 is 0 Å². The third-order valence-electron chi connectivity index (χ3n) is 4.62. The molecule has 0 atom stereocenters. The predicted molar refractivity (Wildman–Crippen MR) is 85.4 cm³/mol. The van der Waals surface area contributed by atoms with Gasteiger partial charge in [0.1, 0.15) is 0 Å². The second-order valence-corrected chi connectivity index (χ2v) is 14.2. The van der Waals surface area contributed by atoms with Crippen LogP contribution < -0.4 is 0 Å². The SMILES string of the molecule is CS(=O)(=O)OI(C1CCCCC1)C1(F)C(F)(F)C(F)(F)C(F)(F)C(F)(F)C1(F)F. The fraction of sp³-hybridized carbons (Fsp3) is 1.00. The summed E-state index contributed by atoms with van der Waals surface area (Å²) < 4.78 is 173. The zero-order chi connectivity index (χ0) is 22.9. The standard InChI is InChI=1S/C13H14F11IO3S/c1-29(26,27)28-25(7-5-3-2-4-6-7)13(24)11(20,21)9(16,17)8(14,15)10(18,19)12(13,22)23/h7H,2-6H2,1H3. The molecule has 0 aliphatic heterocycles. The summed E-state index contributed by atoms with van der Waals surface area (Å²) in [5.41, 5.74) is 0. The van der Waals surface area contributed by atoms with Gasteiger partial charge in [-0.05, 0) is 0 Å². The van der Waals surface area contributed by atoms with Gasteiger partial charge in [-0.1, -0.05) is 0 Å². The van der Waals surface area contributed by atoms with Crippen LogP contribution in [0.4, 0.5) is 48.3 Å². The number of halogens is 12. The summed E-state index contributed by atoms with van der Waals surface area (Å²) in [6.07, 6.45) is -0.398. The second kappa shape index (κ2) is 6.93. The Morgan fingerprint density at radius 1 is 0.690 bits per heavy atom. The van der Waals surface area contributed by atoms with Crippen molar-refractivity contribution in [1.82, 2.24) is 0 Å². The molecule has 0 N–H and O–H groups in total. The summed E-state index contributed by atoms with van der Waals surface area (Å²) in [5, 5.41) is 0.